The zero-order valence-electron chi connectivity index (χ0n) is 21.9. The molecule has 0 saturated heterocycles. The number of ether oxygens (including phenoxy) is 3. The van der Waals surface area contributed by atoms with Crippen molar-refractivity contribution in [2.24, 2.45) is 0 Å². The molecule has 0 atom stereocenters. The lowest BCUT2D eigenvalue weighted by Gasteiger charge is -2.16. The van der Waals surface area contributed by atoms with Crippen molar-refractivity contribution in [1.82, 2.24) is 9.97 Å². The first-order valence-electron chi connectivity index (χ1n) is 12.2. The van der Waals surface area contributed by atoms with Gasteiger partial charge in [-0.15, -0.1) is 0 Å². The molecule has 0 amide bonds. The van der Waals surface area contributed by atoms with Crippen molar-refractivity contribution in [1.29, 1.82) is 0 Å². The maximum absolute atomic E-state index is 12.3. The van der Waals surface area contributed by atoms with Crippen molar-refractivity contribution in [3.05, 3.63) is 58.1 Å². The zero-order chi connectivity index (χ0) is 27.5. The van der Waals surface area contributed by atoms with Crippen molar-refractivity contribution in [3.63, 3.8) is 0 Å². The van der Waals surface area contributed by atoms with Crippen LogP contribution in [0.25, 0.3) is 0 Å². The van der Waals surface area contributed by atoms with E-state index in [-0.39, 0.29) is 36.5 Å². The molecule has 2 rings (SSSR count). The largest absolute Gasteiger partial charge is 0.478 e. The molecule has 0 bridgehead atoms. The number of H-pyrrole nitrogens is 1. The summed E-state index contributed by atoms with van der Waals surface area (Å²) in [5.41, 5.74) is 1.23. The van der Waals surface area contributed by atoms with Crippen LogP contribution in [0.2, 0.25) is 0 Å². The second-order valence-corrected chi connectivity index (χ2v) is 9.58. The van der Waals surface area contributed by atoms with Gasteiger partial charge in [-0.2, -0.15) is 0 Å². The van der Waals surface area contributed by atoms with Crippen LogP contribution in [0.1, 0.15) is 45.2 Å². The fourth-order valence-electron chi connectivity index (χ4n) is 2.99. The molecule has 1 N–H and O–H groups in total. The van der Waals surface area contributed by atoms with Gasteiger partial charge in [0.05, 0.1) is 52.0 Å². The number of esters is 2. The molecular formula is C25H37N2O9P. The fraction of sp³-hybridized carbons (Fsp3) is 0.520. The molecule has 2 aromatic rings. The topological polar surface area (TPSA) is 143 Å². The molecule has 0 unspecified atom stereocenters. The van der Waals surface area contributed by atoms with E-state index < -0.39 is 7.60 Å². The summed E-state index contributed by atoms with van der Waals surface area (Å²) in [5, 5.41) is 0. The minimum absolute atomic E-state index is 0.151. The van der Waals surface area contributed by atoms with Crippen LogP contribution < -0.4 is 10.3 Å². The smallest absolute Gasteiger partial charge is 0.330 e. The van der Waals surface area contributed by atoms with E-state index in [1.165, 1.54) is 12.3 Å². The monoisotopic (exact) mass is 540 g/mol. The number of nitrogens with one attached hydrogen (secondary N) is 1. The lowest BCUT2D eigenvalue weighted by atomic mass is 10.2. The Labute approximate surface area is 217 Å². The van der Waals surface area contributed by atoms with Gasteiger partial charge in [-0.25, -0.2) is 4.98 Å². The van der Waals surface area contributed by atoms with E-state index in [1.54, 1.807) is 52.1 Å². The second-order valence-electron chi connectivity index (χ2n) is 7.40. The quantitative estimate of drug-likeness (QED) is 0.202. The van der Waals surface area contributed by atoms with Crippen molar-refractivity contribution >= 4 is 19.5 Å². The number of nitrogens with zero attached hydrogens (tertiary/aromatic N) is 1. The highest BCUT2D eigenvalue weighted by Gasteiger charge is 2.22. The Morgan fingerprint density at radius 1 is 0.892 bits per heavy atom. The zero-order valence-corrected chi connectivity index (χ0v) is 22.8. The van der Waals surface area contributed by atoms with Crippen LogP contribution in [0.5, 0.6) is 5.88 Å². The number of rotatable bonds is 15. The molecule has 2 aromatic heterocycles. The van der Waals surface area contributed by atoms with E-state index in [9.17, 15) is 18.9 Å². The number of hydrogen-bond acceptors (Lipinski definition) is 10. The Balaban J connectivity index is 0.000000442. The summed E-state index contributed by atoms with van der Waals surface area (Å²) in [7, 11) is -3.04. The molecule has 0 saturated carbocycles. The lowest BCUT2D eigenvalue weighted by Crippen LogP contribution is -2.10. The lowest BCUT2D eigenvalue weighted by molar-refractivity contribution is -0.143. The molecule has 2 heterocycles. The predicted molar refractivity (Wildman–Crippen MR) is 138 cm³/mol. The molecule has 0 aliphatic heterocycles. The minimum atomic E-state index is -3.04. The van der Waals surface area contributed by atoms with Gasteiger partial charge in [0.2, 0.25) is 11.4 Å². The molecule has 12 heteroatoms. The van der Waals surface area contributed by atoms with E-state index in [0.29, 0.717) is 50.9 Å². The molecule has 0 aliphatic rings. The summed E-state index contributed by atoms with van der Waals surface area (Å²) in [6.07, 6.45) is 4.22. The van der Waals surface area contributed by atoms with Crippen LogP contribution >= 0.6 is 7.60 Å². The first kappa shape index (κ1) is 32.0. The van der Waals surface area contributed by atoms with E-state index >= 15 is 0 Å². The predicted octanol–water partition coefficient (Wildman–Crippen LogP) is 3.70. The van der Waals surface area contributed by atoms with Crippen molar-refractivity contribution in [2.75, 3.05) is 39.2 Å². The van der Waals surface area contributed by atoms with Crippen LogP contribution in [-0.4, -0.2) is 61.1 Å². The number of aromatic amines is 1. The Kier molecular flexibility index (Phi) is 15.8. The van der Waals surface area contributed by atoms with Gasteiger partial charge in [0.25, 0.3) is 0 Å². The van der Waals surface area contributed by atoms with E-state index in [2.05, 4.69) is 9.97 Å². The Bertz CT molecular complexity index is 1050. The highest BCUT2D eigenvalue weighted by Crippen LogP contribution is 2.48. The number of aromatic nitrogens is 2. The molecule has 0 aromatic carbocycles. The fourth-order valence-corrected chi connectivity index (χ4v) is 4.63. The van der Waals surface area contributed by atoms with Gasteiger partial charge in [0.1, 0.15) is 0 Å². The van der Waals surface area contributed by atoms with E-state index in [4.69, 9.17) is 23.3 Å². The minimum Gasteiger partial charge on any atom is -0.478 e. The van der Waals surface area contributed by atoms with Crippen molar-refractivity contribution in [2.45, 2.75) is 47.0 Å². The van der Waals surface area contributed by atoms with Crippen LogP contribution in [0.15, 0.2) is 41.5 Å². The standard InChI is InChI=1S/C16H26NO6P.C9H11NO3/c1-4-20-16(18)13-14-8-9-17-15(12-14)21-10-7-11-24(19,22-5-2)23-6-3;1-2-13-9(12)6-7-3-4-10-8(11)5-7/h8-9,12H,4-7,10-11,13H2,1-3H3;3-5H,2,6H2,1H3,(H,10,11). The third kappa shape index (κ3) is 14.3. The number of hydrogen-bond donors (Lipinski definition) is 1. The molecule has 0 spiro atoms. The molecule has 0 radical (unpaired) electrons. The highest BCUT2D eigenvalue weighted by atomic mass is 31.2. The summed E-state index contributed by atoms with van der Waals surface area (Å²) < 4.78 is 37.9. The third-order valence-electron chi connectivity index (χ3n) is 4.42. The summed E-state index contributed by atoms with van der Waals surface area (Å²) in [6.45, 7) is 8.81. The summed E-state index contributed by atoms with van der Waals surface area (Å²) >= 11 is 0. The van der Waals surface area contributed by atoms with Gasteiger partial charge in [-0.05, 0) is 57.4 Å². The third-order valence-corrected chi connectivity index (χ3v) is 6.59. The molecule has 11 nitrogen and oxygen atoms in total. The average molecular weight is 541 g/mol. The van der Waals surface area contributed by atoms with Gasteiger partial charge in [-0.1, -0.05) is 0 Å². The second kappa shape index (κ2) is 18.3. The van der Waals surface area contributed by atoms with Crippen LogP contribution in [-0.2, 0) is 45.5 Å². The summed E-state index contributed by atoms with van der Waals surface area (Å²) in [4.78, 5) is 39.8. The van der Waals surface area contributed by atoms with Crippen molar-refractivity contribution in [3.8, 4) is 5.88 Å². The molecular weight excluding hydrogens is 503 g/mol. The maximum Gasteiger partial charge on any atom is 0.330 e. The molecule has 37 heavy (non-hydrogen) atoms. The van der Waals surface area contributed by atoms with E-state index in [1.807, 2.05) is 0 Å². The van der Waals surface area contributed by atoms with E-state index in [0.717, 1.165) is 5.56 Å². The number of pyridine rings is 2. The van der Waals surface area contributed by atoms with Crippen LogP contribution in [0.3, 0.4) is 0 Å². The van der Waals surface area contributed by atoms with Crippen LogP contribution in [0.4, 0.5) is 0 Å². The first-order chi connectivity index (χ1) is 17.7. The molecule has 206 valence electrons. The van der Waals surface area contributed by atoms with Gasteiger partial charge in [0.15, 0.2) is 0 Å². The number of carbonyl (C=O) groups is 2. The Morgan fingerprint density at radius 2 is 1.49 bits per heavy atom. The van der Waals surface area contributed by atoms with Gasteiger partial charge >= 0.3 is 19.5 Å². The summed E-state index contributed by atoms with van der Waals surface area (Å²) in [5.74, 6) is -0.184. The van der Waals surface area contributed by atoms with Gasteiger partial charge < -0.3 is 28.2 Å². The SMILES string of the molecule is CCOC(=O)Cc1cc[nH]c(=O)c1.CCOC(=O)Cc1ccnc(OCCCP(=O)(OCC)OCC)c1. The van der Waals surface area contributed by atoms with Gasteiger partial charge in [0, 0.05) is 24.5 Å². The van der Waals surface area contributed by atoms with Gasteiger partial charge in [-0.3, -0.25) is 18.9 Å². The van der Waals surface area contributed by atoms with Crippen LogP contribution in [0, 0.1) is 0 Å². The normalized spacial score (nSPS) is 10.7. The number of carbonyl (C=O) groups excluding carboxylic acids is 2. The summed E-state index contributed by atoms with van der Waals surface area (Å²) in [6, 6.07) is 6.50. The van der Waals surface area contributed by atoms with Crippen molar-refractivity contribution < 1.29 is 37.4 Å². The average Bonchev–Trinajstić information content (AvgIpc) is 2.83. The first-order valence-corrected chi connectivity index (χ1v) is 13.9. The molecule has 0 aliphatic carbocycles. The Morgan fingerprint density at radius 3 is 2.03 bits per heavy atom. The Hall–Kier alpha value is -3.01. The molecule has 0 fully saturated rings. The maximum atomic E-state index is 12.3. The highest BCUT2D eigenvalue weighted by molar-refractivity contribution is 7.53.